The molecular weight excluding hydrogens is 348 g/mol. The topological polar surface area (TPSA) is 115 Å². The molecule has 7 heteroatoms. The van der Waals surface area contributed by atoms with Crippen LogP contribution in [0.4, 0.5) is 0 Å². The average Bonchev–Trinajstić information content (AvgIpc) is 2.51. The van der Waals surface area contributed by atoms with Gasteiger partial charge in [0.1, 0.15) is 5.92 Å². The van der Waals surface area contributed by atoms with Gasteiger partial charge in [0.05, 0.1) is 0 Å². The fourth-order valence-electron chi connectivity index (χ4n) is 1.28. The molecule has 0 saturated carbocycles. The van der Waals surface area contributed by atoms with Gasteiger partial charge in [-0.3, -0.25) is 9.59 Å². The van der Waals surface area contributed by atoms with Crippen LogP contribution >= 0.6 is 0 Å². The van der Waals surface area contributed by atoms with Crippen molar-refractivity contribution in [2.45, 2.75) is 34.1 Å². The fourth-order valence-corrected chi connectivity index (χ4v) is 1.28. The number of hydrogen-bond donors (Lipinski definition) is 4. The van der Waals surface area contributed by atoms with Gasteiger partial charge in [0.2, 0.25) is 0 Å². The standard InChI is InChI=1S/C11H12O3.3C2H6O.Ti/c1-2-9(11(13)14)10(12)8-6-4-3-5-7-8;3*1-2-3;/h3-7,9H,2H2,1H3,(H,13,14);3*3H,2H2,1H3;. The Labute approximate surface area is 159 Å². The van der Waals surface area contributed by atoms with Crippen LogP contribution in [0.2, 0.25) is 0 Å². The summed E-state index contributed by atoms with van der Waals surface area (Å²) in [5.74, 6) is -2.29. The van der Waals surface area contributed by atoms with Gasteiger partial charge >= 0.3 is 5.97 Å². The quantitative estimate of drug-likeness (QED) is 0.362. The average molecular weight is 378 g/mol. The van der Waals surface area contributed by atoms with Gasteiger partial charge in [-0.25, -0.2) is 0 Å². The SMILES string of the molecule is CCC(C(=O)O)C(=O)c1ccccc1.CCO.CCO.CCO.[Ti]. The number of carbonyl (C=O) groups excluding carboxylic acids is 1. The summed E-state index contributed by atoms with van der Waals surface area (Å²) in [6.45, 7) is 7.49. The predicted octanol–water partition coefficient (Wildman–Crippen LogP) is 1.97. The minimum absolute atomic E-state index is 0. The van der Waals surface area contributed by atoms with Crippen molar-refractivity contribution in [1.82, 2.24) is 0 Å². The molecule has 0 heterocycles. The predicted molar refractivity (Wildman–Crippen MR) is 90.5 cm³/mol. The first kappa shape index (κ1) is 30.8. The molecule has 1 atom stereocenters. The smallest absolute Gasteiger partial charge is 0.314 e. The summed E-state index contributed by atoms with van der Waals surface area (Å²) in [4.78, 5) is 22.4. The van der Waals surface area contributed by atoms with Crippen LogP contribution in [-0.4, -0.2) is 52.0 Å². The van der Waals surface area contributed by atoms with Crippen LogP contribution in [-0.2, 0) is 26.5 Å². The molecule has 6 nitrogen and oxygen atoms in total. The zero-order valence-corrected chi connectivity index (χ0v) is 16.5. The summed E-state index contributed by atoms with van der Waals surface area (Å²) in [5.41, 5.74) is 0.460. The van der Waals surface area contributed by atoms with Gasteiger partial charge in [0, 0.05) is 47.1 Å². The maximum Gasteiger partial charge on any atom is 0.314 e. The molecule has 1 aromatic rings. The van der Waals surface area contributed by atoms with Crippen LogP contribution in [0.5, 0.6) is 0 Å². The fraction of sp³-hybridized carbons (Fsp3) is 0.529. The number of aliphatic hydroxyl groups is 3. The van der Waals surface area contributed by atoms with E-state index in [1.54, 1.807) is 58.0 Å². The first-order valence-electron chi connectivity index (χ1n) is 7.56. The van der Waals surface area contributed by atoms with E-state index in [1.165, 1.54) is 0 Å². The molecule has 1 rings (SSSR count). The van der Waals surface area contributed by atoms with Crippen molar-refractivity contribution in [3.05, 3.63) is 35.9 Å². The maximum absolute atomic E-state index is 11.6. The number of aliphatic carboxylic acids is 1. The van der Waals surface area contributed by atoms with Gasteiger partial charge in [-0.1, -0.05) is 37.3 Å². The number of carboxylic acids is 1. The number of benzene rings is 1. The Morgan fingerprint density at radius 2 is 1.21 bits per heavy atom. The van der Waals surface area contributed by atoms with Crippen LogP contribution in [0, 0.1) is 5.92 Å². The van der Waals surface area contributed by atoms with E-state index in [1.807, 2.05) is 0 Å². The van der Waals surface area contributed by atoms with E-state index >= 15 is 0 Å². The summed E-state index contributed by atoms with van der Waals surface area (Å²) >= 11 is 0. The zero-order chi connectivity index (χ0) is 18.7. The third-order valence-corrected chi connectivity index (χ3v) is 2.08. The Bertz CT molecular complexity index is 379. The Balaban J connectivity index is -0.000000169. The van der Waals surface area contributed by atoms with E-state index in [2.05, 4.69) is 0 Å². The van der Waals surface area contributed by atoms with Crippen LogP contribution in [0.3, 0.4) is 0 Å². The zero-order valence-electron chi connectivity index (χ0n) is 14.9. The maximum atomic E-state index is 11.6. The molecule has 1 aromatic carbocycles. The second-order valence-electron chi connectivity index (χ2n) is 3.98. The molecule has 0 bridgehead atoms. The molecule has 0 saturated heterocycles. The molecule has 138 valence electrons. The van der Waals surface area contributed by atoms with Crippen molar-refractivity contribution in [3.63, 3.8) is 0 Å². The van der Waals surface area contributed by atoms with Gasteiger partial charge in [-0.05, 0) is 27.2 Å². The number of hydrogen-bond acceptors (Lipinski definition) is 5. The summed E-state index contributed by atoms with van der Waals surface area (Å²) in [6.07, 6.45) is 0.322. The Kier molecular flexibility index (Phi) is 31.1. The van der Waals surface area contributed by atoms with Gasteiger partial charge in [0.15, 0.2) is 5.78 Å². The second-order valence-corrected chi connectivity index (χ2v) is 3.98. The number of carbonyl (C=O) groups is 2. The number of ketones is 1. The van der Waals surface area contributed by atoms with Crippen molar-refractivity contribution in [3.8, 4) is 0 Å². The minimum Gasteiger partial charge on any atom is -0.481 e. The van der Waals surface area contributed by atoms with Crippen LogP contribution in [0.1, 0.15) is 44.5 Å². The summed E-state index contributed by atoms with van der Waals surface area (Å²) in [7, 11) is 0. The molecule has 0 aliphatic rings. The molecular formula is C17H30O6Ti. The Morgan fingerprint density at radius 1 is 0.875 bits per heavy atom. The van der Waals surface area contributed by atoms with Gasteiger partial charge < -0.3 is 20.4 Å². The minimum atomic E-state index is -1.05. The number of Topliss-reactive ketones (excluding diaryl/α,β-unsaturated/α-hetero) is 1. The molecule has 0 aliphatic carbocycles. The number of carboxylic acid groups (broad SMARTS) is 1. The molecule has 0 amide bonds. The van der Waals surface area contributed by atoms with E-state index in [4.69, 9.17) is 20.4 Å². The van der Waals surface area contributed by atoms with E-state index in [9.17, 15) is 9.59 Å². The summed E-state index contributed by atoms with van der Waals surface area (Å²) in [5, 5.41) is 31.5. The van der Waals surface area contributed by atoms with Crippen LogP contribution in [0.25, 0.3) is 0 Å². The molecule has 0 aromatic heterocycles. The molecule has 0 radical (unpaired) electrons. The van der Waals surface area contributed by atoms with Gasteiger partial charge in [0.25, 0.3) is 0 Å². The van der Waals surface area contributed by atoms with E-state index in [-0.39, 0.29) is 47.3 Å². The normalized spacial score (nSPS) is 9.29. The van der Waals surface area contributed by atoms with Crippen molar-refractivity contribution >= 4 is 11.8 Å². The number of rotatable bonds is 4. The third kappa shape index (κ3) is 19.0. The van der Waals surface area contributed by atoms with Crippen molar-refractivity contribution in [2.24, 2.45) is 5.92 Å². The molecule has 0 fully saturated rings. The molecule has 1 unspecified atom stereocenters. The Hall–Kier alpha value is -1.05. The molecule has 0 spiro atoms. The van der Waals surface area contributed by atoms with Crippen molar-refractivity contribution < 1.29 is 51.7 Å². The van der Waals surface area contributed by atoms with E-state index < -0.39 is 11.9 Å². The van der Waals surface area contributed by atoms with E-state index in [0.29, 0.717) is 12.0 Å². The van der Waals surface area contributed by atoms with Crippen molar-refractivity contribution in [2.75, 3.05) is 19.8 Å². The van der Waals surface area contributed by atoms with Gasteiger partial charge in [-0.15, -0.1) is 0 Å². The second kappa shape index (κ2) is 24.2. The number of aliphatic hydroxyl groups excluding tert-OH is 3. The van der Waals surface area contributed by atoms with Crippen LogP contribution in [0.15, 0.2) is 30.3 Å². The largest absolute Gasteiger partial charge is 0.481 e. The molecule has 0 aliphatic heterocycles. The summed E-state index contributed by atoms with van der Waals surface area (Å²) in [6, 6.07) is 8.50. The summed E-state index contributed by atoms with van der Waals surface area (Å²) < 4.78 is 0. The first-order valence-corrected chi connectivity index (χ1v) is 7.56. The van der Waals surface area contributed by atoms with Crippen molar-refractivity contribution in [1.29, 1.82) is 0 Å². The monoisotopic (exact) mass is 378 g/mol. The first-order chi connectivity index (χ1) is 10.9. The van der Waals surface area contributed by atoms with Gasteiger partial charge in [-0.2, -0.15) is 0 Å². The van der Waals surface area contributed by atoms with E-state index in [0.717, 1.165) is 0 Å². The molecule has 4 N–H and O–H groups in total. The Morgan fingerprint density at radius 3 is 1.46 bits per heavy atom. The van der Waals surface area contributed by atoms with Crippen LogP contribution < -0.4 is 0 Å². The third-order valence-electron chi connectivity index (χ3n) is 2.08. The molecule has 24 heavy (non-hydrogen) atoms.